The zero-order valence-corrected chi connectivity index (χ0v) is 13.8. The lowest BCUT2D eigenvalue weighted by molar-refractivity contribution is 0.0717. The number of carbonyl (C=O) groups is 1. The summed E-state index contributed by atoms with van der Waals surface area (Å²) in [5.74, 6) is -0.416. The van der Waals surface area contributed by atoms with Gasteiger partial charge in [0.25, 0.3) is 0 Å². The molecule has 1 aromatic rings. The average Bonchev–Trinajstić information content (AvgIpc) is 2.27. The van der Waals surface area contributed by atoms with Crippen LogP contribution < -0.4 is 9.47 Å². The number of hydrogen-bond acceptors (Lipinski definition) is 5. The van der Waals surface area contributed by atoms with Crippen molar-refractivity contribution in [1.82, 2.24) is 4.98 Å². The third kappa shape index (κ3) is 3.74. The van der Waals surface area contributed by atoms with E-state index >= 15 is 0 Å². The molecule has 1 rings (SSSR count). The fourth-order valence-electron chi connectivity index (χ4n) is 1.28. The number of rotatable bonds is 4. The number of hydrogen-bond donors (Lipinski definition) is 0. The Hall–Kier alpha value is -0.983. The highest BCUT2D eigenvalue weighted by molar-refractivity contribution is 6.71. The highest BCUT2D eigenvalue weighted by Crippen LogP contribution is 2.40. The van der Waals surface area contributed by atoms with E-state index in [-0.39, 0.29) is 27.4 Å². The van der Waals surface area contributed by atoms with Crippen LogP contribution in [0, 0.1) is 0 Å². The second-order valence-electron chi connectivity index (χ2n) is 4.63. The maximum Gasteiger partial charge on any atom is 0.345 e. The number of aromatic nitrogens is 1. The molecule has 0 saturated heterocycles. The van der Waals surface area contributed by atoms with Gasteiger partial charge in [0.1, 0.15) is 10.0 Å². The molecule has 0 bridgehead atoms. The van der Waals surface area contributed by atoms with Crippen LogP contribution >= 0.6 is 23.2 Å². The minimum atomic E-state index is -2.06. The monoisotopic (exact) mass is 323 g/mol. The van der Waals surface area contributed by atoms with Crippen LogP contribution in [0.3, 0.4) is 0 Å². The van der Waals surface area contributed by atoms with Crippen molar-refractivity contribution in [3.8, 4) is 11.6 Å². The van der Waals surface area contributed by atoms with Gasteiger partial charge in [0.2, 0.25) is 14.2 Å². The van der Waals surface area contributed by atoms with Gasteiger partial charge in [-0.05, 0) is 19.6 Å². The molecule has 1 aromatic heterocycles. The zero-order chi connectivity index (χ0) is 14.8. The summed E-state index contributed by atoms with van der Waals surface area (Å²) >= 11 is 12.0. The van der Waals surface area contributed by atoms with E-state index in [2.05, 4.69) is 4.98 Å². The van der Waals surface area contributed by atoms with Crippen molar-refractivity contribution in [2.45, 2.75) is 19.6 Å². The van der Waals surface area contributed by atoms with Gasteiger partial charge in [0.05, 0.1) is 14.2 Å². The Bertz CT molecular complexity index is 502. The van der Waals surface area contributed by atoms with E-state index in [9.17, 15) is 4.79 Å². The quantitative estimate of drug-likeness (QED) is 0.795. The van der Waals surface area contributed by atoms with E-state index in [1.807, 2.05) is 19.6 Å². The Labute approximate surface area is 122 Å². The zero-order valence-electron chi connectivity index (χ0n) is 11.3. The van der Waals surface area contributed by atoms with Gasteiger partial charge in [0.15, 0.2) is 11.4 Å². The van der Waals surface area contributed by atoms with Crippen LogP contribution in [0.15, 0.2) is 0 Å². The van der Waals surface area contributed by atoms with Crippen molar-refractivity contribution in [1.29, 1.82) is 0 Å². The van der Waals surface area contributed by atoms with Gasteiger partial charge in [-0.3, -0.25) is 0 Å². The number of halogens is 2. The third-order valence-corrected chi connectivity index (χ3v) is 3.48. The van der Waals surface area contributed by atoms with Crippen LogP contribution in [-0.4, -0.2) is 33.5 Å². The molecule has 0 N–H and O–H groups in total. The summed E-state index contributed by atoms with van der Waals surface area (Å²) in [5.41, 5.74) is -0.0674. The van der Waals surface area contributed by atoms with Gasteiger partial charge >= 0.3 is 5.97 Å². The number of carbonyl (C=O) groups excluding carboxylic acids is 1. The summed E-state index contributed by atoms with van der Waals surface area (Å²) in [4.78, 5) is 16.0. The van der Waals surface area contributed by atoms with Crippen molar-refractivity contribution in [3.05, 3.63) is 15.7 Å². The topological polar surface area (TPSA) is 57.7 Å². The van der Waals surface area contributed by atoms with E-state index in [0.717, 1.165) is 0 Å². The van der Waals surface area contributed by atoms with Gasteiger partial charge < -0.3 is 13.9 Å². The van der Waals surface area contributed by atoms with E-state index in [1.165, 1.54) is 14.2 Å². The molecule has 5 nitrogen and oxygen atoms in total. The second-order valence-corrected chi connectivity index (χ2v) is 9.82. The van der Waals surface area contributed by atoms with E-state index < -0.39 is 14.3 Å². The average molecular weight is 324 g/mol. The summed E-state index contributed by atoms with van der Waals surface area (Å²) in [7, 11) is 0.716. The standard InChI is InChI=1S/C11H15Cl2NO4Si/c1-16-9-6(12)8(11(15)18-19(3,4)5)14-10(17-2)7(9)13/h1-5H3. The molecule has 0 spiro atoms. The normalized spacial score (nSPS) is 11.1. The number of nitrogens with zero attached hydrogens (tertiary/aromatic N) is 1. The second kappa shape index (κ2) is 5.98. The maximum atomic E-state index is 12.0. The molecule has 0 amide bonds. The summed E-state index contributed by atoms with van der Waals surface area (Å²) in [6.45, 7) is 5.63. The first-order chi connectivity index (χ1) is 8.71. The summed E-state index contributed by atoms with van der Waals surface area (Å²) in [6.07, 6.45) is 0. The van der Waals surface area contributed by atoms with Crippen LogP contribution in [0.1, 0.15) is 10.5 Å². The molecule has 0 unspecified atom stereocenters. The van der Waals surface area contributed by atoms with Gasteiger partial charge in [-0.1, -0.05) is 23.2 Å². The SMILES string of the molecule is COc1nc(C(=O)O[Si](C)(C)C)c(Cl)c(OC)c1Cl. The van der Waals surface area contributed by atoms with Crippen LogP contribution in [0.5, 0.6) is 11.6 Å². The van der Waals surface area contributed by atoms with Crippen LogP contribution in [0.25, 0.3) is 0 Å². The molecule has 19 heavy (non-hydrogen) atoms. The Morgan fingerprint density at radius 2 is 1.68 bits per heavy atom. The molecule has 0 aliphatic rings. The lowest BCUT2D eigenvalue weighted by Crippen LogP contribution is -2.29. The molecule has 0 radical (unpaired) electrons. The molecular weight excluding hydrogens is 309 g/mol. The van der Waals surface area contributed by atoms with Gasteiger partial charge in [0, 0.05) is 0 Å². The Morgan fingerprint density at radius 3 is 2.11 bits per heavy atom. The molecule has 8 heteroatoms. The molecular formula is C11H15Cl2NO4Si. The van der Waals surface area contributed by atoms with E-state index in [0.29, 0.717) is 0 Å². The van der Waals surface area contributed by atoms with Crippen molar-refractivity contribution in [3.63, 3.8) is 0 Å². The Morgan fingerprint density at radius 1 is 1.11 bits per heavy atom. The molecule has 0 aliphatic heterocycles. The van der Waals surface area contributed by atoms with Gasteiger partial charge in [-0.2, -0.15) is 0 Å². The smallest absolute Gasteiger partial charge is 0.345 e. The highest BCUT2D eigenvalue weighted by atomic mass is 35.5. The molecule has 1 heterocycles. The molecule has 0 fully saturated rings. The molecule has 0 aliphatic carbocycles. The van der Waals surface area contributed by atoms with Crippen LogP contribution in [-0.2, 0) is 4.43 Å². The largest absolute Gasteiger partial charge is 0.515 e. The first-order valence-corrected chi connectivity index (χ1v) is 9.58. The van der Waals surface area contributed by atoms with Gasteiger partial charge in [-0.15, -0.1) is 0 Å². The Balaban J connectivity index is 3.32. The minimum Gasteiger partial charge on any atom is -0.515 e. The molecule has 0 aromatic carbocycles. The van der Waals surface area contributed by atoms with E-state index in [4.69, 9.17) is 37.1 Å². The Kier molecular flexibility index (Phi) is 5.06. The maximum absolute atomic E-state index is 12.0. The van der Waals surface area contributed by atoms with Crippen LogP contribution in [0.2, 0.25) is 29.7 Å². The number of ether oxygens (including phenoxy) is 2. The predicted octanol–water partition coefficient (Wildman–Crippen LogP) is 3.40. The fourth-order valence-corrected chi connectivity index (χ4v) is 2.56. The first kappa shape index (κ1) is 16.1. The molecule has 106 valence electrons. The lowest BCUT2D eigenvalue weighted by Gasteiger charge is -2.18. The molecule has 0 atom stereocenters. The highest BCUT2D eigenvalue weighted by Gasteiger charge is 2.28. The number of pyridine rings is 1. The van der Waals surface area contributed by atoms with Crippen molar-refractivity contribution < 1.29 is 18.7 Å². The van der Waals surface area contributed by atoms with Crippen molar-refractivity contribution >= 4 is 37.5 Å². The number of methoxy groups -OCH3 is 2. The summed E-state index contributed by atoms with van der Waals surface area (Å²) in [5, 5.41) is 0.121. The van der Waals surface area contributed by atoms with E-state index in [1.54, 1.807) is 0 Å². The molecule has 0 saturated carbocycles. The predicted molar refractivity (Wildman–Crippen MR) is 76.1 cm³/mol. The summed E-state index contributed by atoms with van der Waals surface area (Å²) < 4.78 is 15.4. The van der Waals surface area contributed by atoms with Crippen molar-refractivity contribution in [2.75, 3.05) is 14.2 Å². The van der Waals surface area contributed by atoms with Gasteiger partial charge in [-0.25, -0.2) is 9.78 Å². The lowest BCUT2D eigenvalue weighted by atomic mass is 10.3. The third-order valence-electron chi connectivity index (χ3n) is 2.00. The van der Waals surface area contributed by atoms with Crippen molar-refractivity contribution in [2.24, 2.45) is 0 Å². The fraction of sp³-hybridized carbons (Fsp3) is 0.455. The first-order valence-electron chi connectivity index (χ1n) is 5.41. The van der Waals surface area contributed by atoms with Crippen LogP contribution in [0.4, 0.5) is 0 Å². The summed E-state index contributed by atoms with van der Waals surface area (Å²) in [6, 6.07) is 0. The minimum absolute atomic E-state index is 0.0107.